The van der Waals surface area contributed by atoms with Gasteiger partial charge >= 0.3 is 0 Å². The lowest BCUT2D eigenvalue weighted by Gasteiger charge is -2.23. The molecule has 0 saturated heterocycles. The van der Waals surface area contributed by atoms with Crippen LogP contribution in [0.2, 0.25) is 0 Å². The zero-order valence-corrected chi connectivity index (χ0v) is 15.3. The molecule has 2 aromatic rings. The Hall–Kier alpha value is -1.97. The highest BCUT2D eigenvalue weighted by Gasteiger charge is 2.21. The fourth-order valence-corrected chi connectivity index (χ4v) is 3.48. The van der Waals surface area contributed by atoms with Crippen molar-refractivity contribution in [3.05, 3.63) is 58.3 Å². The van der Waals surface area contributed by atoms with Crippen molar-refractivity contribution in [2.75, 3.05) is 10.1 Å². The van der Waals surface area contributed by atoms with E-state index >= 15 is 0 Å². The van der Waals surface area contributed by atoms with Crippen molar-refractivity contribution in [2.45, 2.75) is 13.5 Å². The summed E-state index contributed by atoms with van der Waals surface area (Å²) in [7, 11) is -3.49. The van der Waals surface area contributed by atoms with Gasteiger partial charge in [0.1, 0.15) is 0 Å². The number of aromatic nitrogens is 1. The number of anilines is 1. The molecule has 128 valence electrons. The van der Waals surface area contributed by atoms with Crippen LogP contribution in [0.5, 0.6) is 0 Å². The topological polar surface area (TPSA) is 105 Å². The van der Waals surface area contributed by atoms with E-state index < -0.39 is 15.9 Å². The van der Waals surface area contributed by atoms with Crippen LogP contribution in [0.3, 0.4) is 0 Å². The lowest BCUT2D eigenvalue weighted by molar-refractivity contribution is 0.0953. The summed E-state index contributed by atoms with van der Waals surface area (Å²) in [5, 5.41) is 0. The van der Waals surface area contributed by atoms with Gasteiger partial charge in [-0.1, -0.05) is 22.0 Å². The molecule has 0 unspecified atom stereocenters. The molecule has 9 heteroatoms. The maximum Gasteiger partial charge on any atom is 0.266 e. The Labute approximate surface area is 149 Å². The van der Waals surface area contributed by atoms with E-state index in [1.54, 1.807) is 37.3 Å². The molecule has 1 aromatic carbocycles. The quantitative estimate of drug-likeness (QED) is 0.427. The van der Waals surface area contributed by atoms with E-state index in [0.29, 0.717) is 16.9 Å². The second kappa shape index (κ2) is 7.73. The number of halogens is 1. The molecule has 3 N–H and O–H groups in total. The first-order valence-corrected chi connectivity index (χ1v) is 9.49. The number of benzene rings is 1. The molecular formula is C15H17BrN4O3S. The number of pyridine rings is 1. The molecule has 0 aliphatic rings. The number of nitrogen functional groups attached to an aromatic ring is 1. The Bertz CT molecular complexity index is 825. The van der Waals surface area contributed by atoms with Crippen molar-refractivity contribution in [2.24, 2.45) is 5.84 Å². The lowest BCUT2D eigenvalue weighted by atomic mass is 10.2. The Morgan fingerprint density at radius 1 is 1.33 bits per heavy atom. The molecule has 7 nitrogen and oxygen atoms in total. The third kappa shape index (κ3) is 4.31. The highest BCUT2D eigenvalue weighted by Crippen LogP contribution is 2.24. The number of nitrogens with zero attached hydrogens (tertiary/aromatic N) is 2. The first-order chi connectivity index (χ1) is 11.4. The average Bonchev–Trinajstić information content (AvgIpc) is 2.59. The van der Waals surface area contributed by atoms with Crippen LogP contribution < -0.4 is 15.6 Å². The normalized spacial score (nSPS) is 11.1. The van der Waals surface area contributed by atoms with Gasteiger partial charge in [0, 0.05) is 10.7 Å². The number of carbonyl (C=O) groups is 1. The van der Waals surface area contributed by atoms with Gasteiger partial charge in [-0.05, 0) is 37.3 Å². The van der Waals surface area contributed by atoms with Crippen LogP contribution in [0, 0.1) is 0 Å². The van der Waals surface area contributed by atoms with Crippen LogP contribution in [0.25, 0.3) is 0 Å². The Morgan fingerprint density at radius 2 is 2.08 bits per heavy atom. The van der Waals surface area contributed by atoms with Gasteiger partial charge < -0.3 is 0 Å². The number of carbonyl (C=O) groups excluding carboxylic acids is 1. The summed E-state index contributed by atoms with van der Waals surface area (Å²) in [6.07, 6.45) is 1.36. The molecule has 0 bridgehead atoms. The summed E-state index contributed by atoms with van der Waals surface area (Å²) >= 11 is 3.34. The zero-order valence-electron chi connectivity index (χ0n) is 12.9. The van der Waals surface area contributed by atoms with Gasteiger partial charge in [0.25, 0.3) is 5.91 Å². The molecular weight excluding hydrogens is 396 g/mol. The van der Waals surface area contributed by atoms with Crippen LogP contribution in [0.4, 0.5) is 5.69 Å². The fourth-order valence-electron chi connectivity index (χ4n) is 2.02. The third-order valence-electron chi connectivity index (χ3n) is 3.32. The molecule has 0 atom stereocenters. The number of sulfonamides is 1. The van der Waals surface area contributed by atoms with E-state index in [1.165, 1.54) is 10.5 Å². The lowest BCUT2D eigenvalue weighted by Crippen LogP contribution is -2.32. The molecule has 1 amide bonds. The molecule has 0 fully saturated rings. The molecule has 0 radical (unpaired) electrons. The second-order valence-corrected chi connectivity index (χ2v) is 8.00. The van der Waals surface area contributed by atoms with Gasteiger partial charge in [-0.15, -0.1) is 0 Å². The highest BCUT2D eigenvalue weighted by atomic mass is 79.9. The highest BCUT2D eigenvalue weighted by molar-refractivity contribution is 9.10. The van der Waals surface area contributed by atoms with Gasteiger partial charge in [-0.3, -0.25) is 19.5 Å². The maximum absolute atomic E-state index is 12.4. The largest absolute Gasteiger partial charge is 0.290 e. The van der Waals surface area contributed by atoms with Crippen molar-refractivity contribution >= 4 is 37.5 Å². The van der Waals surface area contributed by atoms with Gasteiger partial charge in [0.05, 0.1) is 29.2 Å². The Balaban J connectivity index is 2.34. The van der Waals surface area contributed by atoms with Crippen molar-refractivity contribution < 1.29 is 13.2 Å². The first kappa shape index (κ1) is 18.4. The predicted octanol–water partition coefficient (Wildman–Crippen LogP) is 1.80. The standard InChI is InChI=1S/C15H17BrN4O3S/c1-2-24(22,23)20(14-5-3-4-12(16)8-14)10-13-7-6-11(9-18-13)15(21)19-17/h3-9H,2,10,17H2,1H3,(H,19,21). The van der Waals surface area contributed by atoms with Crippen molar-refractivity contribution in [3.8, 4) is 0 Å². The van der Waals surface area contributed by atoms with Crippen LogP contribution in [-0.2, 0) is 16.6 Å². The molecule has 2 rings (SSSR count). The van der Waals surface area contributed by atoms with Crippen LogP contribution in [0.1, 0.15) is 23.0 Å². The summed E-state index contributed by atoms with van der Waals surface area (Å²) < 4.78 is 27.0. The van der Waals surface area contributed by atoms with Crippen molar-refractivity contribution in [1.82, 2.24) is 10.4 Å². The number of hydrogen-bond acceptors (Lipinski definition) is 5. The van der Waals surface area contributed by atoms with E-state index in [2.05, 4.69) is 20.9 Å². The molecule has 0 aliphatic carbocycles. The molecule has 0 saturated carbocycles. The fraction of sp³-hybridized carbons (Fsp3) is 0.200. The Morgan fingerprint density at radius 3 is 2.62 bits per heavy atom. The van der Waals surface area contributed by atoms with Gasteiger partial charge in [0.2, 0.25) is 10.0 Å². The number of nitrogens with two attached hydrogens (primary N) is 1. The number of amides is 1. The summed E-state index contributed by atoms with van der Waals surface area (Å²) in [5.74, 6) is 4.58. The number of rotatable bonds is 6. The van der Waals surface area contributed by atoms with Gasteiger partial charge in [-0.2, -0.15) is 0 Å². The minimum atomic E-state index is -3.49. The van der Waals surface area contributed by atoms with Crippen LogP contribution in [0.15, 0.2) is 47.1 Å². The third-order valence-corrected chi connectivity index (χ3v) is 5.55. The molecule has 1 heterocycles. The van der Waals surface area contributed by atoms with E-state index in [4.69, 9.17) is 5.84 Å². The average molecular weight is 413 g/mol. The minimum absolute atomic E-state index is 0.0345. The molecule has 1 aromatic heterocycles. The van der Waals surface area contributed by atoms with Crippen molar-refractivity contribution in [1.29, 1.82) is 0 Å². The molecule has 24 heavy (non-hydrogen) atoms. The number of hydrazine groups is 1. The maximum atomic E-state index is 12.4. The summed E-state index contributed by atoms with van der Waals surface area (Å²) in [5.41, 5.74) is 3.37. The van der Waals surface area contributed by atoms with Crippen LogP contribution in [-0.4, -0.2) is 25.1 Å². The molecule has 0 aliphatic heterocycles. The first-order valence-electron chi connectivity index (χ1n) is 7.09. The SMILES string of the molecule is CCS(=O)(=O)N(Cc1ccc(C(=O)NN)cn1)c1cccc(Br)c1. The van der Waals surface area contributed by atoms with E-state index in [-0.39, 0.29) is 12.3 Å². The summed E-state index contributed by atoms with van der Waals surface area (Å²) in [6, 6.07) is 10.2. The van der Waals surface area contributed by atoms with E-state index in [1.807, 2.05) is 11.5 Å². The van der Waals surface area contributed by atoms with Gasteiger partial charge in [0.15, 0.2) is 0 Å². The monoisotopic (exact) mass is 412 g/mol. The minimum Gasteiger partial charge on any atom is -0.290 e. The van der Waals surface area contributed by atoms with Crippen LogP contribution >= 0.6 is 15.9 Å². The Kier molecular flexibility index (Phi) is 5.92. The summed E-state index contributed by atoms with van der Waals surface area (Å²) in [6.45, 7) is 1.65. The second-order valence-electron chi connectivity index (χ2n) is 4.90. The van der Waals surface area contributed by atoms with E-state index in [9.17, 15) is 13.2 Å². The molecule has 0 spiro atoms. The number of hydrogen-bond donors (Lipinski definition) is 2. The zero-order chi connectivity index (χ0) is 17.7. The van der Waals surface area contributed by atoms with E-state index in [0.717, 1.165) is 4.47 Å². The van der Waals surface area contributed by atoms with Gasteiger partial charge in [-0.25, -0.2) is 14.3 Å². The number of nitrogens with one attached hydrogen (secondary N) is 1. The summed E-state index contributed by atoms with van der Waals surface area (Å²) in [4.78, 5) is 15.6. The predicted molar refractivity (Wildman–Crippen MR) is 95.7 cm³/mol. The van der Waals surface area contributed by atoms with Crippen molar-refractivity contribution in [3.63, 3.8) is 0 Å². The smallest absolute Gasteiger partial charge is 0.266 e.